The SMILES string of the molecule is COc1cc2[se]c(C(=O)CC3(C(=O)O)CC3)c(F)c2cc1OC. The van der Waals surface area contributed by atoms with E-state index in [0.29, 0.717) is 34.0 Å². The molecule has 0 spiro atoms. The van der Waals surface area contributed by atoms with Crippen LogP contribution in [0.25, 0.3) is 9.65 Å². The van der Waals surface area contributed by atoms with E-state index in [4.69, 9.17) is 9.47 Å². The zero-order valence-corrected chi connectivity index (χ0v) is 14.4. The van der Waals surface area contributed by atoms with E-state index < -0.39 is 37.5 Å². The molecule has 5 nitrogen and oxygen atoms in total. The second-order valence-electron chi connectivity index (χ2n) is 5.63. The quantitative estimate of drug-likeness (QED) is 0.611. The molecule has 1 aromatic carbocycles. The Morgan fingerprint density at radius 1 is 1.26 bits per heavy atom. The number of fused-ring (bicyclic) bond motifs is 1. The molecule has 0 saturated heterocycles. The maximum absolute atomic E-state index is 14.6. The second-order valence-corrected chi connectivity index (χ2v) is 7.84. The second kappa shape index (κ2) is 5.65. The minimum absolute atomic E-state index is 0.107. The molecular weight excluding hydrogens is 370 g/mol. The number of carbonyl (C=O) groups is 2. The van der Waals surface area contributed by atoms with Crippen LogP contribution < -0.4 is 9.47 Å². The van der Waals surface area contributed by atoms with Crippen LogP contribution in [0.5, 0.6) is 11.5 Å². The van der Waals surface area contributed by atoms with Crippen molar-refractivity contribution in [3.05, 3.63) is 22.4 Å². The molecule has 1 aliphatic carbocycles. The van der Waals surface area contributed by atoms with Crippen molar-refractivity contribution in [2.75, 3.05) is 14.2 Å². The Hall–Kier alpha value is -1.85. The number of benzene rings is 1. The van der Waals surface area contributed by atoms with Crippen LogP contribution in [0.15, 0.2) is 12.1 Å². The first-order valence-electron chi connectivity index (χ1n) is 7.02. The molecule has 1 aromatic heterocycles. The third-order valence-electron chi connectivity index (χ3n) is 4.19. The van der Waals surface area contributed by atoms with Gasteiger partial charge >= 0.3 is 137 Å². The molecule has 1 saturated carbocycles. The van der Waals surface area contributed by atoms with Crippen molar-refractivity contribution >= 4 is 35.9 Å². The number of ketones is 1. The van der Waals surface area contributed by atoms with Crippen LogP contribution >= 0.6 is 0 Å². The predicted molar refractivity (Wildman–Crippen MR) is 82.2 cm³/mol. The van der Waals surface area contributed by atoms with E-state index in [0.717, 1.165) is 0 Å². The molecule has 0 aliphatic heterocycles. The van der Waals surface area contributed by atoms with Gasteiger partial charge in [-0.3, -0.25) is 0 Å². The van der Waals surface area contributed by atoms with Crippen molar-refractivity contribution < 1.29 is 28.6 Å². The molecule has 1 aliphatic rings. The zero-order chi connectivity index (χ0) is 16.8. The molecule has 3 rings (SSSR count). The Bertz CT molecular complexity index is 806. The fraction of sp³-hybridized carbons (Fsp3) is 0.375. The van der Waals surface area contributed by atoms with Crippen LogP contribution in [0.3, 0.4) is 0 Å². The van der Waals surface area contributed by atoms with E-state index in [1.807, 2.05) is 0 Å². The monoisotopic (exact) mass is 386 g/mol. The minimum atomic E-state index is -0.982. The first-order valence-corrected chi connectivity index (χ1v) is 8.74. The molecular formula is C16H15FO5Se. The van der Waals surface area contributed by atoms with Gasteiger partial charge in [0.1, 0.15) is 0 Å². The van der Waals surface area contributed by atoms with Gasteiger partial charge in [0.05, 0.1) is 0 Å². The van der Waals surface area contributed by atoms with Gasteiger partial charge in [0, 0.05) is 0 Å². The third kappa shape index (κ3) is 2.64. The molecule has 0 atom stereocenters. The predicted octanol–water partition coefficient (Wildman–Crippen LogP) is 2.49. The van der Waals surface area contributed by atoms with Gasteiger partial charge in [-0.1, -0.05) is 0 Å². The Morgan fingerprint density at radius 3 is 2.39 bits per heavy atom. The first kappa shape index (κ1) is 16.0. The zero-order valence-electron chi connectivity index (χ0n) is 12.6. The fourth-order valence-electron chi connectivity index (χ4n) is 2.58. The van der Waals surface area contributed by atoms with Gasteiger partial charge in [0.2, 0.25) is 0 Å². The van der Waals surface area contributed by atoms with Gasteiger partial charge in [-0.25, -0.2) is 0 Å². The van der Waals surface area contributed by atoms with Crippen molar-refractivity contribution in [1.29, 1.82) is 0 Å². The van der Waals surface area contributed by atoms with E-state index in [2.05, 4.69) is 0 Å². The summed E-state index contributed by atoms with van der Waals surface area (Å²) < 4.78 is 25.8. The number of methoxy groups -OCH3 is 2. The number of hydrogen-bond acceptors (Lipinski definition) is 4. The first-order chi connectivity index (χ1) is 10.9. The summed E-state index contributed by atoms with van der Waals surface area (Å²) in [6.07, 6.45) is 0.824. The Morgan fingerprint density at radius 2 is 1.87 bits per heavy atom. The van der Waals surface area contributed by atoms with Crippen LogP contribution in [0.4, 0.5) is 4.39 Å². The van der Waals surface area contributed by atoms with Crippen molar-refractivity contribution in [3.63, 3.8) is 0 Å². The number of carbonyl (C=O) groups excluding carboxylic acids is 1. The van der Waals surface area contributed by atoms with E-state index in [1.165, 1.54) is 20.3 Å². The van der Waals surface area contributed by atoms with Crippen molar-refractivity contribution in [2.24, 2.45) is 5.41 Å². The molecule has 1 heterocycles. The molecule has 2 aromatic rings. The number of carboxylic acids is 1. The summed E-state index contributed by atoms with van der Waals surface area (Å²) in [7, 11) is 2.95. The average Bonchev–Trinajstić information content (AvgIpc) is 3.24. The van der Waals surface area contributed by atoms with Crippen LogP contribution in [0.1, 0.15) is 28.5 Å². The average molecular weight is 385 g/mol. The van der Waals surface area contributed by atoms with Gasteiger partial charge in [0.25, 0.3) is 0 Å². The van der Waals surface area contributed by atoms with Crippen LogP contribution in [-0.2, 0) is 4.79 Å². The fourth-order valence-corrected chi connectivity index (χ4v) is 4.74. The van der Waals surface area contributed by atoms with Crippen molar-refractivity contribution in [3.8, 4) is 11.5 Å². The van der Waals surface area contributed by atoms with Gasteiger partial charge in [0.15, 0.2) is 0 Å². The molecule has 122 valence electrons. The molecule has 23 heavy (non-hydrogen) atoms. The number of ether oxygens (including phenoxy) is 2. The van der Waals surface area contributed by atoms with E-state index >= 15 is 0 Å². The number of Topliss-reactive ketones (excluding diaryl/α,β-unsaturated/α-hetero) is 1. The van der Waals surface area contributed by atoms with Crippen LogP contribution in [0.2, 0.25) is 0 Å². The van der Waals surface area contributed by atoms with E-state index in [-0.39, 0.29) is 10.9 Å². The number of halogens is 1. The Kier molecular flexibility index (Phi) is 3.94. The third-order valence-corrected chi connectivity index (χ3v) is 6.65. The standard InChI is InChI=1S/C16H15FO5Se/c1-21-10-5-8-12(6-11(10)22-2)23-14(13(8)17)9(18)7-16(3-4-16)15(19)20/h5-6H,3-4,7H2,1-2H3,(H,19,20). The van der Waals surface area contributed by atoms with E-state index in [1.54, 1.807) is 6.07 Å². The molecule has 0 amide bonds. The topological polar surface area (TPSA) is 72.8 Å². The maximum atomic E-state index is 14.6. The van der Waals surface area contributed by atoms with Crippen LogP contribution in [0, 0.1) is 11.2 Å². The van der Waals surface area contributed by atoms with Crippen molar-refractivity contribution in [2.45, 2.75) is 19.3 Å². The molecule has 7 heteroatoms. The number of aliphatic carboxylic acids is 1. The molecule has 1 fully saturated rings. The van der Waals surface area contributed by atoms with E-state index in [9.17, 15) is 19.1 Å². The number of hydrogen-bond donors (Lipinski definition) is 1. The van der Waals surface area contributed by atoms with Gasteiger partial charge in [-0.15, -0.1) is 0 Å². The molecule has 0 radical (unpaired) electrons. The summed E-state index contributed by atoms with van der Waals surface area (Å²) in [6, 6.07) is 3.20. The Labute approximate surface area is 137 Å². The molecule has 0 unspecified atom stereocenters. The number of rotatable bonds is 6. The van der Waals surface area contributed by atoms with Gasteiger partial charge in [-0.05, 0) is 0 Å². The summed E-state index contributed by atoms with van der Waals surface area (Å²) >= 11 is -0.495. The summed E-state index contributed by atoms with van der Waals surface area (Å²) in [5.41, 5.74) is -0.982. The summed E-state index contributed by atoms with van der Waals surface area (Å²) in [5, 5.41) is 9.52. The van der Waals surface area contributed by atoms with Crippen molar-refractivity contribution in [1.82, 2.24) is 0 Å². The summed E-state index contributed by atoms with van der Waals surface area (Å²) in [6.45, 7) is 0. The molecule has 1 N–H and O–H groups in total. The number of carboxylic acid groups (broad SMARTS) is 1. The Balaban J connectivity index is 2.00. The normalized spacial score (nSPS) is 15.4. The summed E-state index contributed by atoms with van der Waals surface area (Å²) in [4.78, 5) is 23.6. The molecule has 0 bridgehead atoms. The van der Waals surface area contributed by atoms with Gasteiger partial charge in [-0.2, -0.15) is 0 Å². The summed E-state index contributed by atoms with van der Waals surface area (Å²) in [5.74, 6) is -1.06. The van der Waals surface area contributed by atoms with Crippen LogP contribution in [-0.4, -0.2) is 45.6 Å². The van der Waals surface area contributed by atoms with Gasteiger partial charge < -0.3 is 0 Å².